The van der Waals surface area contributed by atoms with E-state index in [1.165, 1.54) is 17.8 Å². The third-order valence-electron chi connectivity index (χ3n) is 3.59. The normalized spacial score (nSPS) is 25.9. The van der Waals surface area contributed by atoms with Crippen LogP contribution < -0.4 is 5.32 Å². The van der Waals surface area contributed by atoms with E-state index in [0.29, 0.717) is 17.7 Å². The highest BCUT2D eigenvalue weighted by molar-refractivity contribution is 7.07. The zero-order valence-electron chi connectivity index (χ0n) is 9.87. The van der Waals surface area contributed by atoms with E-state index < -0.39 is 0 Å². The summed E-state index contributed by atoms with van der Waals surface area (Å²) >= 11 is 1.48. The maximum absolute atomic E-state index is 12.1. The Labute approximate surface area is 123 Å². The number of likely N-dealkylation sites (tertiary alicyclic amines) is 1. The number of aromatic nitrogens is 1. The number of hydrogen-bond acceptors (Lipinski definition) is 4. The molecule has 2 fully saturated rings. The van der Waals surface area contributed by atoms with Crippen LogP contribution in [0.1, 0.15) is 23.3 Å². The van der Waals surface area contributed by atoms with Gasteiger partial charge < -0.3 is 10.2 Å². The molecule has 0 spiro atoms. The summed E-state index contributed by atoms with van der Waals surface area (Å²) in [4.78, 5) is 18.1. The molecule has 102 valence electrons. The van der Waals surface area contributed by atoms with Crippen LogP contribution in [0.5, 0.6) is 0 Å². The molecule has 0 aromatic carbocycles. The van der Waals surface area contributed by atoms with E-state index in [9.17, 15) is 4.79 Å². The molecular weight excluding hydrogens is 293 g/mol. The first kappa shape index (κ1) is 15.7. The van der Waals surface area contributed by atoms with Crippen LogP contribution in [-0.2, 0) is 0 Å². The first-order chi connectivity index (χ1) is 7.84. The van der Waals surface area contributed by atoms with Crippen molar-refractivity contribution in [2.24, 2.45) is 5.92 Å². The summed E-state index contributed by atoms with van der Waals surface area (Å²) < 4.78 is 0. The number of nitrogens with zero attached hydrogens (tertiary/aromatic N) is 2. The minimum atomic E-state index is 0. The molecule has 1 aromatic rings. The van der Waals surface area contributed by atoms with E-state index in [0.717, 1.165) is 26.1 Å². The zero-order valence-corrected chi connectivity index (χ0v) is 12.3. The molecule has 18 heavy (non-hydrogen) atoms. The molecule has 1 N–H and O–H groups in total. The molecule has 0 radical (unpaired) electrons. The number of fused-ring (bicyclic) bond motifs is 1. The summed E-state index contributed by atoms with van der Waals surface area (Å²) in [6, 6.07) is 0.638. The molecule has 2 saturated heterocycles. The van der Waals surface area contributed by atoms with Crippen molar-refractivity contribution in [2.45, 2.75) is 18.9 Å². The van der Waals surface area contributed by atoms with Gasteiger partial charge in [0.25, 0.3) is 5.91 Å². The molecule has 7 heteroatoms. The Hall–Kier alpha value is -0.360. The smallest absolute Gasteiger partial charge is 0.273 e. The maximum atomic E-state index is 12.1. The SMILES string of the molecule is Cl.Cl.O=C(c1cscn1)N1CCC2NCCC2C1. The molecule has 2 atom stereocenters. The predicted octanol–water partition coefficient (Wildman–Crippen LogP) is 1.81. The Morgan fingerprint density at radius 3 is 3.00 bits per heavy atom. The number of hydrogen-bond donors (Lipinski definition) is 1. The average Bonchev–Trinajstić information content (AvgIpc) is 2.98. The van der Waals surface area contributed by atoms with Gasteiger partial charge >= 0.3 is 0 Å². The lowest BCUT2D eigenvalue weighted by atomic mass is 9.93. The molecule has 0 bridgehead atoms. The molecule has 2 unspecified atom stereocenters. The molecule has 1 amide bonds. The summed E-state index contributed by atoms with van der Waals surface area (Å²) in [6.45, 7) is 2.87. The van der Waals surface area contributed by atoms with Crippen molar-refractivity contribution in [3.63, 3.8) is 0 Å². The lowest BCUT2D eigenvalue weighted by molar-refractivity contribution is 0.0657. The van der Waals surface area contributed by atoms with Crippen molar-refractivity contribution in [1.29, 1.82) is 0 Å². The van der Waals surface area contributed by atoms with E-state index in [2.05, 4.69) is 10.3 Å². The van der Waals surface area contributed by atoms with Gasteiger partial charge in [0.05, 0.1) is 5.51 Å². The van der Waals surface area contributed by atoms with Gasteiger partial charge in [-0.15, -0.1) is 36.2 Å². The van der Waals surface area contributed by atoms with E-state index >= 15 is 0 Å². The van der Waals surface area contributed by atoms with Crippen LogP contribution in [0.15, 0.2) is 10.9 Å². The number of halogens is 2. The van der Waals surface area contributed by atoms with Gasteiger partial charge in [-0.1, -0.05) is 0 Å². The summed E-state index contributed by atoms with van der Waals surface area (Å²) in [6.07, 6.45) is 2.28. The molecule has 0 aliphatic carbocycles. The van der Waals surface area contributed by atoms with Crippen molar-refractivity contribution < 1.29 is 4.79 Å². The van der Waals surface area contributed by atoms with Gasteiger partial charge in [0, 0.05) is 24.5 Å². The van der Waals surface area contributed by atoms with Gasteiger partial charge in [-0.2, -0.15) is 0 Å². The van der Waals surface area contributed by atoms with E-state index in [-0.39, 0.29) is 30.7 Å². The van der Waals surface area contributed by atoms with E-state index in [1.54, 1.807) is 5.51 Å². The number of amides is 1. The number of carbonyl (C=O) groups is 1. The van der Waals surface area contributed by atoms with Crippen molar-refractivity contribution in [1.82, 2.24) is 15.2 Å². The van der Waals surface area contributed by atoms with Gasteiger partial charge in [0.2, 0.25) is 0 Å². The van der Waals surface area contributed by atoms with Crippen LogP contribution in [0.4, 0.5) is 0 Å². The van der Waals surface area contributed by atoms with Crippen LogP contribution in [0, 0.1) is 5.92 Å². The predicted molar refractivity (Wildman–Crippen MR) is 77.0 cm³/mol. The van der Waals surface area contributed by atoms with Gasteiger partial charge in [0.15, 0.2) is 0 Å². The lowest BCUT2D eigenvalue weighted by Crippen LogP contribution is -2.46. The number of carbonyl (C=O) groups excluding carboxylic acids is 1. The van der Waals surface area contributed by atoms with Gasteiger partial charge in [-0.25, -0.2) is 4.98 Å². The molecule has 0 saturated carbocycles. The fourth-order valence-corrected chi connectivity index (χ4v) is 3.24. The van der Waals surface area contributed by atoms with Crippen LogP contribution in [0.2, 0.25) is 0 Å². The quantitative estimate of drug-likeness (QED) is 0.860. The number of rotatable bonds is 1. The third-order valence-corrected chi connectivity index (χ3v) is 4.18. The Morgan fingerprint density at radius 1 is 1.44 bits per heavy atom. The monoisotopic (exact) mass is 309 g/mol. The molecular formula is C11H17Cl2N3OS. The molecule has 2 aliphatic rings. The topological polar surface area (TPSA) is 45.2 Å². The van der Waals surface area contributed by atoms with Crippen LogP contribution >= 0.6 is 36.2 Å². The summed E-state index contributed by atoms with van der Waals surface area (Å²) in [5.41, 5.74) is 2.33. The van der Waals surface area contributed by atoms with E-state index in [1.807, 2.05) is 10.3 Å². The highest BCUT2D eigenvalue weighted by atomic mass is 35.5. The maximum Gasteiger partial charge on any atom is 0.273 e. The Morgan fingerprint density at radius 2 is 2.28 bits per heavy atom. The molecule has 2 aliphatic heterocycles. The zero-order chi connectivity index (χ0) is 11.0. The minimum absolute atomic E-state index is 0. The Kier molecular flexibility index (Phi) is 5.85. The molecule has 1 aromatic heterocycles. The highest BCUT2D eigenvalue weighted by Gasteiger charge is 2.34. The number of nitrogens with one attached hydrogen (secondary N) is 1. The Balaban J connectivity index is 0.000000810. The van der Waals surface area contributed by atoms with Crippen molar-refractivity contribution in [3.8, 4) is 0 Å². The van der Waals surface area contributed by atoms with Gasteiger partial charge in [-0.05, 0) is 25.3 Å². The van der Waals surface area contributed by atoms with Crippen LogP contribution in [-0.4, -0.2) is 41.5 Å². The fourth-order valence-electron chi connectivity index (χ4n) is 2.71. The number of thiazole rings is 1. The fraction of sp³-hybridized carbons (Fsp3) is 0.636. The van der Waals surface area contributed by atoms with Crippen molar-refractivity contribution in [3.05, 3.63) is 16.6 Å². The second-order valence-corrected chi connectivity index (χ2v) is 5.24. The summed E-state index contributed by atoms with van der Waals surface area (Å²) in [5, 5.41) is 5.34. The molecule has 3 heterocycles. The van der Waals surface area contributed by atoms with Crippen molar-refractivity contribution in [2.75, 3.05) is 19.6 Å². The van der Waals surface area contributed by atoms with Gasteiger partial charge in [-0.3, -0.25) is 4.79 Å². The van der Waals surface area contributed by atoms with Crippen LogP contribution in [0.25, 0.3) is 0 Å². The second kappa shape index (κ2) is 6.70. The highest BCUT2D eigenvalue weighted by Crippen LogP contribution is 2.25. The second-order valence-electron chi connectivity index (χ2n) is 4.52. The molecule has 3 rings (SSSR count). The minimum Gasteiger partial charge on any atom is -0.337 e. The van der Waals surface area contributed by atoms with Crippen molar-refractivity contribution >= 4 is 42.1 Å². The summed E-state index contributed by atoms with van der Waals surface area (Å²) in [7, 11) is 0. The lowest BCUT2D eigenvalue weighted by Gasteiger charge is -2.34. The molecule has 4 nitrogen and oxygen atoms in total. The Bertz CT molecular complexity index is 388. The first-order valence-corrected chi connectivity index (χ1v) is 6.70. The average molecular weight is 310 g/mol. The first-order valence-electron chi connectivity index (χ1n) is 5.75. The largest absolute Gasteiger partial charge is 0.337 e. The van der Waals surface area contributed by atoms with Crippen LogP contribution in [0.3, 0.4) is 0 Å². The summed E-state index contributed by atoms with van der Waals surface area (Å²) in [5.74, 6) is 0.753. The third kappa shape index (κ3) is 2.96. The van der Waals surface area contributed by atoms with Gasteiger partial charge in [0.1, 0.15) is 5.69 Å². The standard InChI is InChI=1S/C11H15N3OS.2ClH/c15-11(10-6-16-7-13-10)14-4-2-9-8(5-14)1-3-12-9;;/h6-9,12H,1-5H2;2*1H. The number of piperidine rings is 1. The van der Waals surface area contributed by atoms with E-state index in [4.69, 9.17) is 0 Å².